The lowest BCUT2D eigenvalue weighted by atomic mass is 9.68. The molecule has 1 saturated carbocycles. The fourth-order valence-corrected chi connectivity index (χ4v) is 4.89. The minimum Gasteiger partial charge on any atom is -0.339 e. The van der Waals surface area contributed by atoms with Gasteiger partial charge in [0.1, 0.15) is 0 Å². The molecule has 1 saturated heterocycles. The second-order valence-electron chi connectivity index (χ2n) is 9.85. The van der Waals surface area contributed by atoms with Crippen LogP contribution in [0, 0.1) is 11.8 Å². The van der Waals surface area contributed by atoms with E-state index in [9.17, 15) is 9.59 Å². The number of piperazine rings is 1. The summed E-state index contributed by atoms with van der Waals surface area (Å²) in [6.07, 6.45) is 5.26. The SMILES string of the molecule is CC(C)CN1CCN(C(=O)C2(c3ccc(NC(=O)C(C)C)cc3)CCCCC2)CC1. The zero-order valence-corrected chi connectivity index (χ0v) is 19.2. The first-order valence-electron chi connectivity index (χ1n) is 11.7. The van der Waals surface area contributed by atoms with Crippen LogP contribution in [-0.4, -0.2) is 54.3 Å². The molecule has 30 heavy (non-hydrogen) atoms. The molecule has 0 radical (unpaired) electrons. The van der Waals surface area contributed by atoms with Crippen LogP contribution in [0.15, 0.2) is 24.3 Å². The second kappa shape index (κ2) is 9.95. The fraction of sp³-hybridized carbons (Fsp3) is 0.680. The molecule has 1 N–H and O–H groups in total. The number of benzene rings is 1. The van der Waals surface area contributed by atoms with Gasteiger partial charge in [-0.05, 0) is 36.5 Å². The highest BCUT2D eigenvalue weighted by molar-refractivity contribution is 5.92. The quantitative estimate of drug-likeness (QED) is 0.757. The lowest BCUT2D eigenvalue weighted by Gasteiger charge is -2.43. The molecule has 166 valence electrons. The molecule has 1 aliphatic carbocycles. The van der Waals surface area contributed by atoms with Gasteiger partial charge in [-0.3, -0.25) is 14.5 Å². The Balaban J connectivity index is 1.74. The van der Waals surface area contributed by atoms with Crippen molar-refractivity contribution in [3.63, 3.8) is 0 Å². The van der Waals surface area contributed by atoms with Crippen molar-refractivity contribution in [1.82, 2.24) is 9.80 Å². The molecule has 2 aliphatic rings. The van der Waals surface area contributed by atoms with Crippen molar-refractivity contribution >= 4 is 17.5 Å². The molecule has 1 aromatic carbocycles. The zero-order valence-electron chi connectivity index (χ0n) is 19.2. The smallest absolute Gasteiger partial charge is 0.233 e. The average Bonchev–Trinajstić information content (AvgIpc) is 2.74. The first-order chi connectivity index (χ1) is 14.3. The summed E-state index contributed by atoms with van der Waals surface area (Å²) in [6, 6.07) is 8.04. The van der Waals surface area contributed by atoms with E-state index in [0.29, 0.717) is 11.8 Å². The second-order valence-corrected chi connectivity index (χ2v) is 9.85. The Morgan fingerprint density at radius 2 is 1.53 bits per heavy atom. The van der Waals surface area contributed by atoms with Gasteiger partial charge < -0.3 is 10.2 Å². The number of nitrogens with zero attached hydrogens (tertiary/aromatic N) is 2. The van der Waals surface area contributed by atoms with Crippen LogP contribution in [0.1, 0.15) is 65.4 Å². The number of rotatable bonds is 6. The molecular formula is C25H39N3O2. The van der Waals surface area contributed by atoms with E-state index in [1.165, 1.54) is 6.42 Å². The molecule has 0 bridgehead atoms. The van der Waals surface area contributed by atoms with Gasteiger partial charge in [0.05, 0.1) is 5.41 Å². The van der Waals surface area contributed by atoms with Crippen LogP contribution in [-0.2, 0) is 15.0 Å². The van der Waals surface area contributed by atoms with Gasteiger partial charge in [-0.2, -0.15) is 0 Å². The number of amides is 2. The summed E-state index contributed by atoms with van der Waals surface area (Å²) < 4.78 is 0. The van der Waals surface area contributed by atoms with E-state index in [1.807, 2.05) is 26.0 Å². The Labute approximate surface area is 182 Å². The van der Waals surface area contributed by atoms with Gasteiger partial charge in [-0.25, -0.2) is 0 Å². The Morgan fingerprint density at radius 1 is 0.933 bits per heavy atom. The molecule has 0 spiro atoms. The minimum absolute atomic E-state index is 0.0190. The van der Waals surface area contributed by atoms with Crippen LogP contribution in [0.4, 0.5) is 5.69 Å². The van der Waals surface area contributed by atoms with Crippen LogP contribution in [0.3, 0.4) is 0 Å². The van der Waals surface area contributed by atoms with Crippen molar-refractivity contribution in [2.45, 2.75) is 65.2 Å². The topological polar surface area (TPSA) is 52.6 Å². The number of carbonyl (C=O) groups is 2. The van der Waals surface area contributed by atoms with Gasteiger partial charge in [-0.15, -0.1) is 0 Å². The largest absolute Gasteiger partial charge is 0.339 e. The Kier molecular flexibility index (Phi) is 7.56. The molecular weight excluding hydrogens is 374 g/mol. The number of nitrogens with one attached hydrogen (secondary N) is 1. The van der Waals surface area contributed by atoms with Gasteiger partial charge >= 0.3 is 0 Å². The molecule has 5 heteroatoms. The Bertz CT molecular complexity index is 712. The highest BCUT2D eigenvalue weighted by Gasteiger charge is 2.44. The summed E-state index contributed by atoms with van der Waals surface area (Å²) in [5, 5.41) is 2.96. The van der Waals surface area contributed by atoms with E-state index in [2.05, 4.69) is 41.1 Å². The predicted molar refractivity (Wildman–Crippen MR) is 123 cm³/mol. The summed E-state index contributed by atoms with van der Waals surface area (Å²) in [5.74, 6) is 0.938. The fourth-order valence-electron chi connectivity index (χ4n) is 4.89. The maximum Gasteiger partial charge on any atom is 0.233 e. The minimum atomic E-state index is -0.404. The van der Waals surface area contributed by atoms with Gasteiger partial charge in [0.15, 0.2) is 0 Å². The number of hydrogen-bond donors (Lipinski definition) is 1. The van der Waals surface area contributed by atoms with Crippen molar-refractivity contribution in [3.05, 3.63) is 29.8 Å². The third-order valence-corrected chi connectivity index (χ3v) is 6.63. The van der Waals surface area contributed by atoms with Gasteiger partial charge in [0, 0.05) is 44.3 Å². The van der Waals surface area contributed by atoms with Crippen molar-refractivity contribution in [1.29, 1.82) is 0 Å². The molecule has 0 atom stereocenters. The average molecular weight is 414 g/mol. The maximum absolute atomic E-state index is 13.8. The first kappa shape index (κ1) is 22.8. The van der Waals surface area contributed by atoms with Crippen LogP contribution < -0.4 is 5.32 Å². The van der Waals surface area contributed by atoms with Crippen molar-refractivity contribution < 1.29 is 9.59 Å². The first-order valence-corrected chi connectivity index (χ1v) is 11.7. The summed E-state index contributed by atoms with van der Waals surface area (Å²) >= 11 is 0. The van der Waals surface area contributed by atoms with Crippen molar-refractivity contribution in [3.8, 4) is 0 Å². The zero-order chi connectivity index (χ0) is 21.7. The molecule has 2 fully saturated rings. The number of carbonyl (C=O) groups excluding carboxylic acids is 2. The summed E-state index contributed by atoms with van der Waals surface area (Å²) in [5.41, 5.74) is 1.51. The molecule has 5 nitrogen and oxygen atoms in total. The lowest BCUT2D eigenvalue weighted by Crippen LogP contribution is -2.55. The van der Waals surface area contributed by atoms with Crippen LogP contribution >= 0.6 is 0 Å². The van der Waals surface area contributed by atoms with Crippen LogP contribution in [0.2, 0.25) is 0 Å². The van der Waals surface area contributed by atoms with Gasteiger partial charge in [-0.1, -0.05) is 59.1 Å². The van der Waals surface area contributed by atoms with Crippen molar-refractivity contribution in [2.24, 2.45) is 11.8 Å². The third-order valence-electron chi connectivity index (χ3n) is 6.63. The maximum atomic E-state index is 13.8. The van der Waals surface area contributed by atoms with Crippen molar-refractivity contribution in [2.75, 3.05) is 38.0 Å². The summed E-state index contributed by atoms with van der Waals surface area (Å²) in [4.78, 5) is 30.4. The highest BCUT2D eigenvalue weighted by atomic mass is 16.2. The van der Waals surface area contributed by atoms with E-state index in [-0.39, 0.29) is 11.8 Å². The molecule has 1 aliphatic heterocycles. The number of anilines is 1. The molecule has 1 heterocycles. The van der Waals surface area contributed by atoms with Gasteiger partial charge in [0.2, 0.25) is 11.8 Å². The summed E-state index contributed by atoms with van der Waals surface area (Å²) in [6.45, 7) is 13.0. The van der Waals surface area contributed by atoms with E-state index in [1.54, 1.807) is 0 Å². The normalized spacial score (nSPS) is 19.9. The molecule has 0 unspecified atom stereocenters. The van der Waals surface area contributed by atoms with Gasteiger partial charge in [0.25, 0.3) is 0 Å². The highest BCUT2D eigenvalue weighted by Crippen LogP contribution is 2.41. The van der Waals surface area contributed by atoms with E-state index < -0.39 is 5.41 Å². The molecule has 1 aromatic rings. The molecule has 2 amide bonds. The Morgan fingerprint density at radius 3 is 2.07 bits per heavy atom. The standard InChI is InChI=1S/C25H39N3O2/c1-19(2)18-27-14-16-28(17-15-27)24(30)25(12-6-5-7-13-25)21-8-10-22(11-9-21)26-23(29)20(3)4/h8-11,19-20H,5-7,12-18H2,1-4H3,(H,26,29). The van der Waals surface area contributed by atoms with Crippen LogP contribution in [0.25, 0.3) is 0 Å². The predicted octanol–water partition coefficient (Wildman–Crippen LogP) is 4.28. The van der Waals surface area contributed by atoms with Crippen LogP contribution in [0.5, 0.6) is 0 Å². The monoisotopic (exact) mass is 413 g/mol. The van der Waals surface area contributed by atoms with E-state index >= 15 is 0 Å². The van der Waals surface area contributed by atoms with E-state index in [0.717, 1.165) is 69.7 Å². The summed E-state index contributed by atoms with van der Waals surface area (Å²) in [7, 11) is 0. The number of hydrogen-bond acceptors (Lipinski definition) is 3. The molecule has 0 aromatic heterocycles. The Hall–Kier alpha value is -1.88. The van der Waals surface area contributed by atoms with E-state index in [4.69, 9.17) is 0 Å². The third kappa shape index (κ3) is 5.23. The molecule has 3 rings (SSSR count). The lowest BCUT2D eigenvalue weighted by molar-refractivity contribution is -0.140.